The summed E-state index contributed by atoms with van der Waals surface area (Å²) in [5.74, 6) is -0.367. The number of carbonyl (C=O) groups excluding carboxylic acids is 3. The molecule has 2 N–H and O–H groups in total. The Morgan fingerprint density at radius 2 is 1.54 bits per heavy atom. The number of ether oxygens (including phenoxy) is 4. The summed E-state index contributed by atoms with van der Waals surface area (Å²) < 4.78 is 20.3. The molecule has 0 unspecified atom stereocenters. The average Bonchev–Trinajstić information content (AvgIpc) is 2.69. The van der Waals surface area contributed by atoms with Crippen molar-refractivity contribution in [3.63, 3.8) is 0 Å². The van der Waals surface area contributed by atoms with Crippen LogP contribution in [0.4, 0.5) is 0 Å². The highest BCUT2D eigenvalue weighted by atomic mass is 16.5. The van der Waals surface area contributed by atoms with Gasteiger partial charge in [0, 0.05) is 5.56 Å². The molecule has 0 saturated heterocycles. The van der Waals surface area contributed by atoms with Crippen LogP contribution in [0, 0.1) is 5.92 Å². The van der Waals surface area contributed by atoms with Gasteiger partial charge in [0.15, 0.2) is 11.5 Å². The van der Waals surface area contributed by atoms with Crippen LogP contribution in [0.15, 0.2) is 12.1 Å². The highest BCUT2D eigenvalue weighted by molar-refractivity contribution is 5.98. The summed E-state index contributed by atoms with van der Waals surface area (Å²) >= 11 is 0. The van der Waals surface area contributed by atoms with Crippen LogP contribution in [0.5, 0.6) is 17.2 Å². The van der Waals surface area contributed by atoms with E-state index in [-0.39, 0.29) is 18.0 Å². The Morgan fingerprint density at radius 3 is 1.96 bits per heavy atom. The molecular formula is C19H28N2O7. The molecule has 0 fully saturated rings. The van der Waals surface area contributed by atoms with Gasteiger partial charge in [0.2, 0.25) is 11.7 Å². The molecule has 9 nitrogen and oxygen atoms in total. The van der Waals surface area contributed by atoms with E-state index in [0.717, 1.165) is 0 Å². The molecule has 0 radical (unpaired) electrons. The summed E-state index contributed by atoms with van der Waals surface area (Å²) in [6.07, 6.45) is 0.430. The molecule has 2 amide bonds. The second kappa shape index (κ2) is 11.0. The quantitative estimate of drug-likeness (QED) is 0.571. The number of nitrogens with one attached hydrogen (secondary N) is 2. The predicted molar refractivity (Wildman–Crippen MR) is 102 cm³/mol. The maximum absolute atomic E-state index is 12.4. The zero-order valence-corrected chi connectivity index (χ0v) is 17.1. The van der Waals surface area contributed by atoms with E-state index in [0.29, 0.717) is 23.7 Å². The number of rotatable bonds is 10. The minimum absolute atomic E-state index is 0.179. The Balaban J connectivity index is 2.80. The van der Waals surface area contributed by atoms with Crippen molar-refractivity contribution in [2.45, 2.75) is 26.3 Å². The lowest BCUT2D eigenvalue weighted by atomic mass is 10.0. The standard InChI is InChI=1S/C19H28N2O7/c1-11(2)7-13(19(24)28-6)21-16(22)10-20-18(23)12-8-14(25-3)17(27-5)15(9-12)26-4/h8-9,11,13H,7,10H2,1-6H3,(H,20,23)(H,21,22)/t13-/m1/s1. The summed E-state index contributed by atoms with van der Waals surface area (Å²) in [7, 11) is 5.59. The van der Waals surface area contributed by atoms with Crippen molar-refractivity contribution in [1.29, 1.82) is 0 Å². The normalized spacial score (nSPS) is 11.4. The molecule has 28 heavy (non-hydrogen) atoms. The minimum atomic E-state index is -0.768. The van der Waals surface area contributed by atoms with Crippen LogP contribution in [0.1, 0.15) is 30.6 Å². The Bertz CT molecular complexity index is 679. The Hall–Kier alpha value is -2.97. The number of methoxy groups -OCH3 is 4. The van der Waals surface area contributed by atoms with Gasteiger partial charge in [0.05, 0.1) is 35.0 Å². The third-order valence-corrected chi connectivity index (χ3v) is 3.86. The molecule has 9 heteroatoms. The Morgan fingerprint density at radius 1 is 0.964 bits per heavy atom. The van der Waals surface area contributed by atoms with E-state index in [1.807, 2.05) is 13.8 Å². The van der Waals surface area contributed by atoms with Gasteiger partial charge in [-0.15, -0.1) is 0 Å². The lowest BCUT2D eigenvalue weighted by Crippen LogP contribution is -2.46. The zero-order chi connectivity index (χ0) is 21.3. The fraction of sp³-hybridized carbons (Fsp3) is 0.526. The van der Waals surface area contributed by atoms with Gasteiger partial charge in [-0.25, -0.2) is 4.79 Å². The highest BCUT2D eigenvalue weighted by Gasteiger charge is 2.23. The fourth-order valence-electron chi connectivity index (χ4n) is 2.55. The van der Waals surface area contributed by atoms with Crippen LogP contribution < -0.4 is 24.8 Å². The minimum Gasteiger partial charge on any atom is -0.493 e. The van der Waals surface area contributed by atoms with Crippen molar-refractivity contribution in [2.75, 3.05) is 35.0 Å². The van der Waals surface area contributed by atoms with E-state index in [2.05, 4.69) is 10.6 Å². The van der Waals surface area contributed by atoms with Crippen molar-refractivity contribution in [3.05, 3.63) is 17.7 Å². The molecule has 0 saturated carbocycles. The van der Waals surface area contributed by atoms with Crippen LogP contribution in [0.2, 0.25) is 0 Å². The van der Waals surface area contributed by atoms with Crippen molar-refractivity contribution in [2.24, 2.45) is 5.92 Å². The van der Waals surface area contributed by atoms with Crippen LogP contribution >= 0.6 is 0 Å². The van der Waals surface area contributed by atoms with E-state index in [4.69, 9.17) is 18.9 Å². The van der Waals surface area contributed by atoms with Crippen molar-refractivity contribution in [3.8, 4) is 17.2 Å². The molecule has 1 atom stereocenters. The first-order valence-corrected chi connectivity index (χ1v) is 8.72. The summed E-state index contributed by atoms with van der Waals surface area (Å²) in [5, 5.41) is 5.07. The number of benzene rings is 1. The zero-order valence-electron chi connectivity index (χ0n) is 17.1. The van der Waals surface area contributed by atoms with Gasteiger partial charge >= 0.3 is 5.97 Å². The Labute approximate surface area is 164 Å². The molecule has 0 aliphatic heterocycles. The molecule has 156 valence electrons. The van der Waals surface area contributed by atoms with Crippen molar-refractivity contribution >= 4 is 17.8 Å². The predicted octanol–water partition coefficient (Wildman–Crippen LogP) is 1.15. The third kappa shape index (κ3) is 6.33. The van der Waals surface area contributed by atoms with Gasteiger partial charge in [-0.3, -0.25) is 9.59 Å². The van der Waals surface area contributed by atoms with Crippen LogP contribution in [0.3, 0.4) is 0 Å². The summed E-state index contributed by atoms with van der Waals surface area (Å²) in [6, 6.07) is 2.19. The van der Waals surface area contributed by atoms with Gasteiger partial charge in [-0.2, -0.15) is 0 Å². The molecule has 1 aromatic carbocycles. The molecule has 0 spiro atoms. The van der Waals surface area contributed by atoms with E-state index in [1.165, 1.54) is 40.6 Å². The number of hydrogen-bond donors (Lipinski definition) is 2. The molecule has 0 aliphatic carbocycles. The molecule has 0 bridgehead atoms. The molecule has 1 rings (SSSR count). The first-order valence-electron chi connectivity index (χ1n) is 8.72. The van der Waals surface area contributed by atoms with Crippen molar-refractivity contribution < 1.29 is 33.3 Å². The first kappa shape index (κ1) is 23.1. The highest BCUT2D eigenvalue weighted by Crippen LogP contribution is 2.38. The van der Waals surface area contributed by atoms with Crippen LogP contribution in [0.25, 0.3) is 0 Å². The smallest absolute Gasteiger partial charge is 0.328 e. The van der Waals surface area contributed by atoms with Gasteiger partial charge in [0.25, 0.3) is 5.91 Å². The molecular weight excluding hydrogens is 368 g/mol. The second-order valence-electron chi connectivity index (χ2n) is 6.37. The summed E-state index contributed by atoms with van der Waals surface area (Å²) in [4.78, 5) is 36.3. The maximum atomic E-state index is 12.4. The second-order valence-corrected chi connectivity index (χ2v) is 6.37. The monoisotopic (exact) mass is 396 g/mol. The first-order chi connectivity index (χ1) is 13.3. The lowest BCUT2D eigenvalue weighted by molar-refractivity contribution is -0.145. The SMILES string of the molecule is COC(=O)[C@@H](CC(C)C)NC(=O)CNC(=O)c1cc(OC)c(OC)c(OC)c1. The van der Waals surface area contributed by atoms with E-state index in [1.54, 1.807) is 0 Å². The largest absolute Gasteiger partial charge is 0.493 e. The van der Waals surface area contributed by atoms with E-state index < -0.39 is 23.8 Å². The number of hydrogen-bond acceptors (Lipinski definition) is 7. The van der Waals surface area contributed by atoms with Gasteiger partial charge in [0.1, 0.15) is 6.04 Å². The van der Waals surface area contributed by atoms with Gasteiger partial charge in [-0.05, 0) is 24.5 Å². The summed E-state index contributed by atoms with van der Waals surface area (Å²) in [6.45, 7) is 3.55. The molecule has 0 aliphatic rings. The topological polar surface area (TPSA) is 112 Å². The molecule has 0 aromatic heterocycles. The number of amides is 2. The van der Waals surface area contributed by atoms with Crippen LogP contribution in [-0.4, -0.2) is 58.8 Å². The van der Waals surface area contributed by atoms with Gasteiger partial charge < -0.3 is 29.6 Å². The van der Waals surface area contributed by atoms with Crippen molar-refractivity contribution in [1.82, 2.24) is 10.6 Å². The summed E-state index contributed by atoms with van der Waals surface area (Å²) in [5.41, 5.74) is 0.231. The Kier molecular flexibility index (Phi) is 9.07. The fourth-order valence-corrected chi connectivity index (χ4v) is 2.55. The molecule has 0 heterocycles. The maximum Gasteiger partial charge on any atom is 0.328 e. The lowest BCUT2D eigenvalue weighted by Gasteiger charge is -2.18. The number of carbonyl (C=O) groups is 3. The average molecular weight is 396 g/mol. The molecule has 1 aromatic rings. The van der Waals surface area contributed by atoms with E-state index in [9.17, 15) is 14.4 Å². The third-order valence-electron chi connectivity index (χ3n) is 3.86. The van der Waals surface area contributed by atoms with E-state index >= 15 is 0 Å². The van der Waals surface area contributed by atoms with Crippen LogP contribution in [-0.2, 0) is 14.3 Å². The van der Waals surface area contributed by atoms with Gasteiger partial charge in [-0.1, -0.05) is 13.8 Å². The number of esters is 1.